The van der Waals surface area contributed by atoms with E-state index in [9.17, 15) is 4.79 Å². The molecule has 0 atom stereocenters. The van der Waals surface area contributed by atoms with E-state index in [2.05, 4.69) is 15.3 Å². The zero-order valence-corrected chi connectivity index (χ0v) is 11.0. The van der Waals surface area contributed by atoms with E-state index in [1.165, 1.54) is 23.5 Å². The number of hydrogen-bond donors (Lipinski definition) is 2. The summed E-state index contributed by atoms with van der Waals surface area (Å²) in [5.74, 6) is -0.792. The highest BCUT2D eigenvalue weighted by atomic mass is 35.5. The number of nitrogens with zero attached hydrogens (tertiary/aromatic N) is 2. The maximum Gasteiger partial charge on any atom is 0.339 e. The second-order valence-electron chi connectivity index (χ2n) is 3.57. The Morgan fingerprint density at radius 1 is 1.50 bits per heavy atom. The third-order valence-corrected chi connectivity index (χ3v) is 3.34. The highest BCUT2D eigenvalue weighted by Crippen LogP contribution is 2.18. The van der Waals surface area contributed by atoms with Gasteiger partial charge in [0, 0.05) is 11.1 Å². The van der Waals surface area contributed by atoms with Gasteiger partial charge in [-0.05, 0) is 19.1 Å². The molecule has 0 radical (unpaired) electrons. The van der Waals surface area contributed by atoms with E-state index in [0.29, 0.717) is 6.54 Å². The largest absolute Gasteiger partial charge is 0.478 e. The van der Waals surface area contributed by atoms with E-state index in [-0.39, 0.29) is 16.5 Å². The molecule has 2 aromatic heterocycles. The Kier molecular flexibility index (Phi) is 3.78. The highest BCUT2D eigenvalue weighted by molar-refractivity contribution is 7.09. The number of carboxylic acid groups (broad SMARTS) is 1. The van der Waals surface area contributed by atoms with Gasteiger partial charge in [-0.1, -0.05) is 11.6 Å². The molecule has 0 amide bonds. The Hall–Kier alpha value is -1.66. The minimum absolute atomic E-state index is 0.0904. The van der Waals surface area contributed by atoms with Gasteiger partial charge in [-0.3, -0.25) is 0 Å². The van der Waals surface area contributed by atoms with Crippen molar-refractivity contribution < 1.29 is 9.90 Å². The molecule has 0 unspecified atom stereocenters. The standard InChI is InChI=1S/C11H10ClN3O2S/c1-6-5-18-9(14-6)4-13-10-7(11(16)17)2-3-8(12)15-10/h2-3,5H,4H2,1H3,(H,13,15)(H,16,17). The monoisotopic (exact) mass is 283 g/mol. The predicted octanol–water partition coefficient (Wildman–Crippen LogP) is 2.81. The summed E-state index contributed by atoms with van der Waals surface area (Å²) in [4.78, 5) is 19.2. The minimum Gasteiger partial charge on any atom is -0.478 e. The Balaban J connectivity index is 2.17. The van der Waals surface area contributed by atoms with Crippen LogP contribution in [0, 0.1) is 6.92 Å². The van der Waals surface area contributed by atoms with Crippen LogP contribution in [0.4, 0.5) is 5.82 Å². The molecule has 0 spiro atoms. The van der Waals surface area contributed by atoms with Crippen molar-refractivity contribution in [3.63, 3.8) is 0 Å². The molecule has 0 saturated carbocycles. The molecular formula is C11H10ClN3O2S. The molecule has 94 valence electrons. The number of thiazole rings is 1. The van der Waals surface area contributed by atoms with Gasteiger partial charge in [-0.2, -0.15) is 0 Å². The number of aromatic nitrogens is 2. The van der Waals surface area contributed by atoms with Crippen molar-refractivity contribution >= 4 is 34.7 Å². The van der Waals surface area contributed by atoms with Crippen molar-refractivity contribution in [3.8, 4) is 0 Å². The maximum absolute atomic E-state index is 11.0. The summed E-state index contributed by atoms with van der Waals surface area (Å²) in [6.07, 6.45) is 0. The quantitative estimate of drug-likeness (QED) is 0.844. The number of carboxylic acids is 1. The maximum atomic E-state index is 11.0. The van der Waals surface area contributed by atoms with Crippen molar-refractivity contribution in [2.24, 2.45) is 0 Å². The van der Waals surface area contributed by atoms with Crippen LogP contribution in [-0.4, -0.2) is 21.0 Å². The summed E-state index contributed by atoms with van der Waals surface area (Å²) in [6.45, 7) is 2.33. The fourth-order valence-electron chi connectivity index (χ4n) is 1.39. The number of carbonyl (C=O) groups is 1. The Morgan fingerprint density at radius 2 is 2.28 bits per heavy atom. The zero-order chi connectivity index (χ0) is 13.1. The molecule has 2 rings (SSSR count). The van der Waals surface area contributed by atoms with E-state index in [1.807, 2.05) is 12.3 Å². The van der Waals surface area contributed by atoms with Crippen LogP contribution in [0.15, 0.2) is 17.5 Å². The highest BCUT2D eigenvalue weighted by Gasteiger charge is 2.12. The fraction of sp³-hybridized carbons (Fsp3) is 0.182. The van der Waals surface area contributed by atoms with Crippen molar-refractivity contribution in [2.45, 2.75) is 13.5 Å². The van der Waals surface area contributed by atoms with Crippen molar-refractivity contribution in [1.82, 2.24) is 9.97 Å². The first kappa shape index (κ1) is 12.8. The summed E-state index contributed by atoms with van der Waals surface area (Å²) in [7, 11) is 0. The summed E-state index contributed by atoms with van der Waals surface area (Å²) in [6, 6.07) is 2.87. The van der Waals surface area contributed by atoms with E-state index in [4.69, 9.17) is 16.7 Å². The number of aryl methyl sites for hydroxylation is 1. The summed E-state index contributed by atoms with van der Waals surface area (Å²) < 4.78 is 0. The number of anilines is 1. The normalized spacial score (nSPS) is 10.3. The van der Waals surface area contributed by atoms with Crippen LogP contribution in [0.1, 0.15) is 21.1 Å². The summed E-state index contributed by atoms with van der Waals surface area (Å²) in [5, 5.41) is 15.0. The molecule has 0 aliphatic heterocycles. The molecule has 0 aliphatic rings. The average molecular weight is 284 g/mol. The molecule has 0 aliphatic carbocycles. The Labute approximate surface area is 112 Å². The van der Waals surface area contributed by atoms with Crippen molar-refractivity contribution in [3.05, 3.63) is 38.9 Å². The van der Waals surface area contributed by atoms with Crippen LogP contribution in [0.3, 0.4) is 0 Å². The van der Waals surface area contributed by atoms with E-state index in [1.54, 1.807) is 0 Å². The number of halogens is 1. The zero-order valence-electron chi connectivity index (χ0n) is 9.48. The van der Waals surface area contributed by atoms with Gasteiger partial charge in [0.05, 0.1) is 6.54 Å². The first-order valence-electron chi connectivity index (χ1n) is 5.11. The van der Waals surface area contributed by atoms with Crippen LogP contribution < -0.4 is 5.32 Å². The van der Waals surface area contributed by atoms with Gasteiger partial charge in [0.25, 0.3) is 0 Å². The number of nitrogens with one attached hydrogen (secondary N) is 1. The first-order valence-corrected chi connectivity index (χ1v) is 6.37. The van der Waals surface area contributed by atoms with Crippen LogP contribution in [0.2, 0.25) is 5.15 Å². The SMILES string of the molecule is Cc1csc(CNc2nc(Cl)ccc2C(=O)O)n1. The molecule has 0 fully saturated rings. The van der Waals surface area contributed by atoms with Crippen LogP contribution in [0.25, 0.3) is 0 Å². The van der Waals surface area contributed by atoms with Gasteiger partial charge in [-0.15, -0.1) is 11.3 Å². The lowest BCUT2D eigenvalue weighted by molar-refractivity contribution is 0.0697. The van der Waals surface area contributed by atoms with Gasteiger partial charge in [-0.25, -0.2) is 14.8 Å². The number of pyridine rings is 1. The minimum atomic E-state index is -1.04. The van der Waals surface area contributed by atoms with E-state index >= 15 is 0 Å². The topological polar surface area (TPSA) is 75.1 Å². The lowest BCUT2D eigenvalue weighted by Gasteiger charge is -2.07. The van der Waals surface area contributed by atoms with Crippen LogP contribution >= 0.6 is 22.9 Å². The Morgan fingerprint density at radius 3 is 2.89 bits per heavy atom. The predicted molar refractivity (Wildman–Crippen MR) is 70.4 cm³/mol. The second kappa shape index (κ2) is 5.32. The average Bonchev–Trinajstić information content (AvgIpc) is 2.72. The summed E-state index contributed by atoms with van der Waals surface area (Å²) in [5.41, 5.74) is 1.03. The number of aromatic carboxylic acids is 1. The smallest absolute Gasteiger partial charge is 0.339 e. The molecule has 0 aromatic carbocycles. The van der Waals surface area contributed by atoms with Gasteiger partial charge in [0.1, 0.15) is 21.5 Å². The second-order valence-corrected chi connectivity index (χ2v) is 4.90. The Bertz CT molecular complexity index is 585. The molecule has 0 bridgehead atoms. The molecule has 0 saturated heterocycles. The van der Waals surface area contributed by atoms with E-state index < -0.39 is 5.97 Å². The molecular weight excluding hydrogens is 274 g/mol. The van der Waals surface area contributed by atoms with Crippen molar-refractivity contribution in [2.75, 3.05) is 5.32 Å². The summed E-state index contributed by atoms with van der Waals surface area (Å²) >= 11 is 7.26. The molecule has 5 nitrogen and oxygen atoms in total. The molecule has 2 heterocycles. The molecule has 2 N–H and O–H groups in total. The van der Waals surface area contributed by atoms with Crippen LogP contribution in [-0.2, 0) is 6.54 Å². The lowest BCUT2D eigenvalue weighted by Crippen LogP contribution is -2.08. The molecule has 18 heavy (non-hydrogen) atoms. The first-order chi connectivity index (χ1) is 8.56. The third-order valence-electron chi connectivity index (χ3n) is 2.17. The number of rotatable bonds is 4. The third kappa shape index (κ3) is 2.96. The lowest BCUT2D eigenvalue weighted by atomic mass is 10.2. The van der Waals surface area contributed by atoms with Gasteiger partial charge in [0.15, 0.2) is 0 Å². The molecule has 7 heteroatoms. The van der Waals surface area contributed by atoms with Gasteiger partial charge >= 0.3 is 5.97 Å². The molecule has 2 aromatic rings. The number of hydrogen-bond acceptors (Lipinski definition) is 5. The van der Waals surface area contributed by atoms with E-state index in [0.717, 1.165) is 10.7 Å². The fourth-order valence-corrected chi connectivity index (χ4v) is 2.24. The van der Waals surface area contributed by atoms with Gasteiger partial charge < -0.3 is 10.4 Å². The van der Waals surface area contributed by atoms with Crippen LogP contribution in [0.5, 0.6) is 0 Å². The van der Waals surface area contributed by atoms with Crippen molar-refractivity contribution in [1.29, 1.82) is 0 Å². The van der Waals surface area contributed by atoms with Gasteiger partial charge in [0.2, 0.25) is 0 Å².